The summed E-state index contributed by atoms with van der Waals surface area (Å²) in [7, 11) is 0. The zero-order valence-corrected chi connectivity index (χ0v) is 14.9. The van der Waals surface area contributed by atoms with Gasteiger partial charge in [0.25, 0.3) is 11.8 Å². The maximum absolute atomic E-state index is 12.4. The second-order valence-corrected chi connectivity index (χ2v) is 6.19. The van der Waals surface area contributed by atoms with Crippen molar-refractivity contribution in [1.29, 1.82) is 0 Å². The van der Waals surface area contributed by atoms with Gasteiger partial charge in [0.15, 0.2) is 5.69 Å². The number of imidazole rings is 1. The molecule has 1 aromatic heterocycles. The van der Waals surface area contributed by atoms with Crippen molar-refractivity contribution < 1.29 is 9.59 Å². The van der Waals surface area contributed by atoms with Crippen molar-refractivity contribution in [1.82, 2.24) is 15.3 Å². The number of aromatic amines is 1. The molecule has 0 fully saturated rings. The molecule has 0 aliphatic heterocycles. The quantitative estimate of drug-likeness (QED) is 0.619. The van der Waals surface area contributed by atoms with Crippen LogP contribution in [-0.4, -0.2) is 21.8 Å². The molecule has 0 saturated carbocycles. The summed E-state index contributed by atoms with van der Waals surface area (Å²) in [5, 5.41) is 6.08. The highest BCUT2D eigenvalue weighted by molar-refractivity contribution is 6.42. The molecule has 0 aliphatic rings. The van der Waals surface area contributed by atoms with Crippen LogP contribution < -0.4 is 10.6 Å². The van der Waals surface area contributed by atoms with Crippen LogP contribution in [0.4, 0.5) is 5.69 Å². The van der Waals surface area contributed by atoms with E-state index in [1.807, 2.05) is 30.3 Å². The summed E-state index contributed by atoms with van der Waals surface area (Å²) in [4.78, 5) is 31.4. The van der Waals surface area contributed by atoms with Crippen LogP contribution in [0.25, 0.3) is 0 Å². The highest BCUT2D eigenvalue weighted by Crippen LogP contribution is 2.25. The predicted molar refractivity (Wildman–Crippen MR) is 101 cm³/mol. The Morgan fingerprint density at radius 2 is 1.77 bits per heavy atom. The van der Waals surface area contributed by atoms with Gasteiger partial charge in [-0.25, -0.2) is 4.98 Å². The first-order chi connectivity index (χ1) is 12.5. The van der Waals surface area contributed by atoms with Crippen molar-refractivity contribution in [3.8, 4) is 0 Å². The fraction of sp³-hybridized carbons (Fsp3) is 0.0556. The molecule has 0 aliphatic carbocycles. The predicted octanol–water partition coefficient (Wildman–Crippen LogP) is 3.90. The lowest BCUT2D eigenvalue weighted by atomic mass is 10.2. The number of nitrogens with zero attached hydrogens (tertiary/aromatic N) is 1. The summed E-state index contributed by atoms with van der Waals surface area (Å²) < 4.78 is 0. The van der Waals surface area contributed by atoms with Crippen LogP contribution in [0.5, 0.6) is 0 Å². The Kier molecular flexibility index (Phi) is 5.55. The Morgan fingerprint density at radius 1 is 1.00 bits per heavy atom. The van der Waals surface area contributed by atoms with Gasteiger partial charge in [0.05, 0.1) is 16.4 Å². The summed E-state index contributed by atoms with van der Waals surface area (Å²) in [6.07, 6.45) is 1.29. The molecule has 8 heteroatoms. The summed E-state index contributed by atoms with van der Waals surface area (Å²) >= 11 is 11.8. The van der Waals surface area contributed by atoms with Crippen molar-refractivity contribution >= 4 is 40.7 Å². The molecular weight excluding hydrogens is 375 g/mol. The minimum absolute atomic E-state index is 0.0124. The van der Waals surface area contributed by atoms with Gasteiger partial charge in [-0.05, 0) is 23.8 Å². The van der Waals surface area contributed by atoms with E-state index in [0.29, 0.717) is 22.3 Å². The number of anilines is 1. The Bertz CT molecular complexity index is 941. The third-order valence-electron chi connectivity index (χ3n) is 3.55. The third-order valence-corrected chi connectivity index (χ3v) is 4.29. The van der Waals surface area contributed by atoms with E-state index in [1.165, 1.54) is 12.4 Å². The third kappa shape index (κ3) is 4.22. The molecule has 0 saturated heterocycles. The van der Waals surface area contributed by atoms with Gasteiger partial charge in [0.2, 0.25) is 0 Å². The molecular formula is C18H14Cl2N4O2. The largest absolute Gasteiger partial charge is 0.347 e. The molecule has 3 rings (SSSR count). The highest BCUT2D eigenvalue weighted by atomic mass is 35.5. The molecule has 1 heterocycles. The average Bonchev–Trinajstić information content (AvgIpc) is 3.14. The monoisotopic (exact) mass is 388 g/mol. The fourth-order valence-electron chi connectivity index (χ4n) is 2.27. The van der Waals surface area contributed by atoms with Gasteiger partial charge in [0.1, 0.15) is 5.69 Å². The Hall–Kier alpha value is -2.83. The number of hydrogen-bond acceptors (Lipinski definition) is 3. The lowest BCUT2D eigenvalue weighted by Gasteiger charge is -2.07. The first-order valence-electron chi connectivity index (χ1n) is 7.66. The van der Waals surface area contributed by atoms with Gasteiger partial charge in [0, 0.05) is 12.2 Å². The number of carbonyl (C=O) groups excluding carboxylic acids is 2. The topological polar surface area (TPSA) is 86.9 Å². The van der Waals surface area contributed by atoms with Gasteiger partial charge in [-0.2, -0.15) is 0 Å². The second kappa shape index (κ2) is 8.03. The highest BCUT2D eigenvalue weighted by Gasteiger charge is 2.20. The van der Waals surface area contributed by atoms with Crippen molar-refractivity contribution in [3.05, 3.63) is 81.9 Å². The molecule has 0 atom stereocenters. The number of rotatable bonds is 5. The molecule has 3 N–H and O–H groups in total. The lowest BCUT2D eigenvalue weighted by Crippen LogP contribution is -2.26. The van der Waals surface area contributed by atoms with Crippen molar-refractivity contribution in [3.63, 3.8) is 0 Å². The smallest absolute Gasteiger partial charge is 0.276 e. The zero-order chi connectivity index (χ0) is 18.5. The Balaban J connectivity index is 1.69. The number of halogens is 2. The van der Waals surface area contributed by atoms with Gasteiger partial charge in [-0.1, -0.05) is 53.5 Å². The maximum Gasteiger partial charge on any atom is 0.276 e. The number of H-pyrrole nitrogens is 1. The van der Waals surface area contributed by atoms with Crippen LogP contribution in [0, 0.1) is 0 Å². The average molecular weight is 389 g/mol. The molecule has 2 aromatic carbocycles. The fourth-order valence-corrected chi connectivity index (χ4v) is 2.57. The minimum Gasteiger partial charge on any atom is -0.347 e. The van der Waals surface area contributed by atoms with Gasteiger partial charge >= 0.3 is 0 Å². The lowest BCUT2D eigenvalue weighted by molar-refractivity contribution is 0.0933. The SMILES string of the molecule is O=C(Nc1ccc(Cl)c(Cl)c1)c1nc[nH]c1C(=O)NCc1ccccc1. The van der Waals surface area contributed by atoms with Crippen LogP contribution in [0.2, 0.25) is 10.0 Å². The standard InChI is InChI=1S/C18H14Cl2N4O2/c19-13-7-6-12(8-14(13)20)24-18(26)16-15(22-10-23-16)17(25)21-9-11-4-2-1-3-5-11/h1-8,10H,9H2,(H,21,25)(H,22,23)(H,24,26). The number of benzene rings is 2. The van der Waals surface area contributed by atoms with E-state index in [-0.39, 0.29) is 11.4 Å². The van der Waals surface area contributed by atoms with E-state index in [9.17, 15) is 9.59 Å². The first kappa shape index (κ1) is 18.0. The van der Waals surface area contributed by atoms with Crippen molar-refractivity contribution in [2.75, 3.05) is 5.32 Å². The van der Waals surface area contributed by atoms with E-state index in [0.717, 1.165) is 5.56 Å². The van der Waals surface area contributed by atoms with Crippen LogP contribution in [-0.2, 0) is 6.54 Å². The molecule has 26 heavy (non-hydrogen) atoms. The van der Waals surface area contributed by atoms with Crippen LogP contribution in [0.15, 0.2) is 54.9 Å². The van der Waals surface area contributed by atoms with Gasteiger partial charge < -0.3 is 15.6 Å². The van der Waals surface area contributed by atoms with Gasteiger partial charge in [-0.15, -0.1) is 0 Å². The van der Waals surface area contributed by atoms with Crippen molar-refractivity contribution in [2.45, 2.75) is 6.54 Å². The molecule has 3 aromatic rings. The van der Waals surface area contributed by atoms with E-state index < -0.39 is 11.8 Å². The summed E-state index contributed by atoms with van der Waals surface area (Å²) in [6.45, 7) is 0.340. The number of hydrogen-bond donors (Lipinski definition) is 3. The minimum atomic E-state index is -0.533. The van der Waals surface area contributed by atoms with E-state index >= 15 is 0 Å². The number of carbonyl (C=O) groups is 2. The molecule has 0 spiro atoms. The van der Waals surface area contributed by atoms with Gasteiger partial charge in [-0.3, -0.25) is 9.59 Å². The Morgan fingerprint density at radius 3 is 2.50 bits per heavy atom. The molecule has 0 unspecified atom stereocenters. The first-order valence-corrected chi connectivity index (χ1v) is 8.42. The van der Waals surface area contributed by atoms with Crippen molar-refractivity contribution in [2.24, 2.45) is 0 Å². The second-order valence-electron chi connectivity index (χ2n) is 5.38. The van der Waals surface area contributed by atoms with Crippen LogP contribution in [0.1, 0.15) is 26.5 Å². The summed E-state index contributed by atoms with van der Waals surface area (Å²) in [5.41, 5.74) is 1.46. The molecule has 0 bridgehead atoms. The normalized spacial score (nSPS) is 10.4. The molecule has 6 nitrogen and oxygen atoms in total. The molecule has 132 valence electrons. The van der Waals surface area contributed by atoms with E-state index in [4.69, 9.17) is 23.2 Å². The number of nitrogens with one attached hydrogen (secondary N) is 3. The number of aromatic nitrogens is 2. The van der Waals surface area contributed by atoms with E-state index in [1.54, 1.807) is 12.1 Å². The molecule has 0 radical (unpaired) electrons. The maximum atomic E-state index is 12.4. The molecule has 2 amide bonds. The number of amides is 2. The van der Waals surface area contributed by atoms with Crippen LogP contribution in [0.3, 0.4) is 0 Å². The van der Waals surface area contributed by atoms with E-state index in [2.05, 4.69) is 20.6 Å². The summed E-state index contributed by atoms with van der Waals surface area (Å²) in [6, 6.07) is 14.1. The summed E-state index contributed by atoms with van der Waals surface area (Å²) in [5.74, 6) is -0.958. The Labute approximate surface area is 159 Å². The zero-order valence-electron chi connectivity index (χ0n) is 13.4. The van der Waals surface area contributed by atoms with Crippen LogP contribution >= 0.6 is 23.2 Å².